The Labute approximate surface area is 181 Å². The van der Waals surface area contributed by atoms with Crippen LogP contribution < -0.4 is 27.3 Å². The van der Waals surface area contributed by atoms with Crippen LogP contribution in [0.1, 0.15) is 23.8 Å². The lowest BCUT2D eigenvalue weighted by atomic mass is 9.97. The van der Waals surface area contributed by atoms with Crippen LogP contribution in [0.15, 0.2) is 33.5 Å². The Kier molecular flexibility index (Phi) is 6.29. The monoisotopic (exact) mass is 430 g/mol. The number of hydrogen-bond donors (Lipinski definition) is 1. The second kappa shape index (κ2) is 8.58. The third-order valence-corrected chi connectivity index (χ3v) is 5.19. The maximum atomic E-state index is 13.5. The van der Waals surface area contributed by atoms with Crippen molar-refractivity contribution >= 4 is 11.0 Å². The van der Waals surface area contributed by atoms with Crippen molar-refractivity contribution in [2.24, 2.45) is 0 Å². The summed E-state index contributed by atoms with van der Waals surface area (Å²) in [6, 6.07) is 7.23. The van der Waals surface area contributed by atoms with E-state index in [1.807, 2.05) is 44.1 Å². The van der Waals surface area contributed by atoms with Crippen LogP contribution in [0.3, 0.4) is 0 Å². The molecular weight excluding hydrogens is 406 g/mol. The van der Waals surface area contributed by atoms with Crippen LogP contribution in [0.4, 0.5) is 0 Å². The number of nitrogens with zero attached hydrogens (tertiary/aromatic N) is 1. The number of aryl methyl sites for hydroxylation is 2. The van der Waals surface area contributed by atoms with E-state index in [1.54, 1.807) is 13.0 Å². The normalized spacial score (nSPS) is 12.8. The Morgan fingerprint density at radius 3 is 2.47 bits per heavy atom. The molecule has 1 N–H and O–H groups in total. The number of halogens is 1. The molecule has 0 atom stereocenters. The van der Waals surface area contributed by atoms with Gasteiger partial charge in [0.1, 0.15) is 30.3 Å². The maximum Gasteiger partial charge on any atom is 0.200 e. The van der Waals surface area contributed by atoms with Gasteiger partial charge in [0.05, 0.1) is 16.5 Å². The summed E-state index contributed by atoms with van der Waals surface area (Å²) in [6.45, 7) is 5.20. The zero-order valence-electron chi connectivity index (χ0n) is 17.5. The Morgan fingerprint density at radius 2 is 1.80 bits per heavy atom. The van der Waals surface area contributed by atoms with Gasteiger partial charge in [-0.15, -0.1) is 0 Å². The summed E-state index contributed by atoms with van der Waals surface area (Å²) >= 11 is 0. The third-order valence-electron chi connectivity index (χ3n) is 5.19. The molecule has 6 nitrogen and oxygen atoms in total. The Bertz CT molecular complexity index is 1150. The molecular formula is C23H25ClNO5-. The predicted molar refractivity (Wildman–Crippen MR) is 112 cm³/mol. The van der Waals surface area contributed by atoms with E-state index < -0.39 is 0 Å². The summed E-state index contributed by atoms with van der Waals surface area (Å²) in [6.07, 6.45) is 0.620. The van der Waals surface area contributed by atoms with Crippen LogP contribution in [-0.2, 0) is 13.0 Å². The van der Waals surface area contributed by atoms with Crippen molar-refractivity contribution in [1.29, 1.82) is 0 Å². The molecule has 0 aliphatic carbocycles. The standard InChI is InChI=1S/C23H25NO5.ClH/c1-5-14-10-16-22(26)20(15-6-7-18-19(11-15)28-9-8-27-18)13(2)29-23(16)17(21(14)25)12-24(3)4;/h6-7,10-11,25H,5,8-9,12H2,1-4H3;1H/p-1. The van der Waals surface area contributed by atoms with Gasteiger partial charge in [0.2, 0.25) is 5.43 Å². The van der Waals surface area contributed by atoms with E-state index in [2.05, 4.69) is 0 Å². The Hall–Kier alpha value is -2.70. The van der Waals surface area contributed by atoms with Gasteiger partial charge in [-0.05, 0) is 56.8 Å². The number of phenolic OH excluding ortho intramolecular Hbond substituents is 1. The van der Waals surface area contributed by atoms with Crippen LogP contribution in [0, 0.1) is 6.92 Å². The fraction of sp³-hybridized carbons (Fsp3) is 0.348. The number of fused-ring (bicyclic) bond motifs is 2. The predicted octanol–water partition coefficient (Wildman–Crippen LogP) is 0.873. The molecule has 3 aromatic rings. The lowest BCUT2D eigenvalue weighted by Gasteiger charge is -2.19. The molecule has 1 aromatic heterocycles. The molecule has 4 rings (SSSR count). The molecule has 0 radical (unpaired) electrons. The Morgan fingerprint density at radius 1 is 1.10 bits per heavy atom. The molecule has 1 aliphatic heterocycles. The zero-order valence-corrected chi connectivity index (χ0v) is 18.3. The van der Waals surface area contributed by atoms with E-state index in [0.717, 1.165) is 11.1 Å². The highest BCUT2D eigenvalue weighted by Crippen LogP contribution is 2.37. The third kappa shape index (κ3) is 3.73. The zero-order chi connectivity index (χ0) is 20.7. The van der Waals surface area contributed by atoms with E-state index in [1.165, 1.54) is 0 Å². The minimum Gasteiger partial charge on any atom is -1.00 e. The molecule has 0 saturated heterocycles. The number of aromatic hydroxyl groups is 1. The Balaban J connectivity index is 0.00000256. The molecule has 0 amide bonds. The van der Waals surface area contributed by atoms with Crippen molar-refractivity contribution in [3.8, 4) is 28.4 Å². The second-order valence-corrected chi connectivity index (χ2v) is 7.55. The molecule has 0 saturated carbocycles. The number of benzene rings is 2. The molecule has 7 heteroatoms. The van der Waals surface area contributed by atoms with Gasteiger partial charge < -0.3 is 36.3 Å². The van der Waals surface area contributed by atoms with E-state index in [0.29, 0.717) is 65.5 Å². The molecule has 0 spiro atoms. The van der Waals surface area contributed by atoms with E-state index >= 15 is 0 Å². The van der Waals surface area contributed by atoms with E-state index in [-0.39, 0.29) is 23.6 Å². The number of phenols is 1. The second-order valence-electron chi connectivity index (χ2n) is 7.55. The van der Waals surface area contributed by atoms with Crippen molar-refractivity contribution in [2.75, 3.05) is 27.3 Å². The molecule has 2 heterocycles. The first kappa shape index (κ1) is 22.0. The minimum absolute atomic E-state index is 0. The summed E-state index contributed by atoms with van der Waals surface area (Å²) in [5.74, 6) is 2.00. The van der Waals surface area contributed by atoms with Crippen molar-refractivity contribution in [3.05, 3.63) is 51.4 Å². The van der Waals surface area contributed by atoms with Gasteiger partial charge in [-0.2, -0.15) is 0 Å². The highest BCUT2D eigenvalue weighted by Gasteiger charge is 2.22. The van der Waals surface area contributed by atoms with Gasteiger partial charge in [-0.3, -0.25) is 4.79 Å². The highest BCUT2D eigenvalue weighted by atomic mass is 35.5. The summed E-state index contributed by atoms with van der Waals surface area (Å²) in [7, 11) is 3.83. The fourth-order valence-corrected chi connectivity index (χ4v) is 3.82. The summed E-state index contributed by atoms with van der Waals surface area (Å²) in [5, 5.41) is 11.2. The first-order valence-electron chi connectivity index (χ1n) is 9.76. The molecule has 160 valence electrons. The van der Waals surface area contributed by atoms with Crippen LogP contribution >= 0.6 is 0 Å². The van der Waals surface area contributed by atoms with Crippen LogP contribution in [0.2, 0.25) is 0 Å². The molecule has 0 unspecified atom stereocenters. The van der Waals surface area contributed by atoms with Gasteiger partial charge in [0.15, 0.2) is 11.5 Å². The summed E-state index contributed by atoms with van der Waals surface area (Å²) < 4.78 is 17.4. The molecule has 30 heavy (non-hydrogen) atoms. The lowest BCUT2D eigenvalue weighted by Crippen LogP contribution is -3.00. The topological polar surface area (TPSA) is 72.1 Å². The lowest BCUT2D eigenvalue weighted by molar-refractivity contribution is -0.00000817. The minimum atomic E-state index is -0.116. The molecule has 0 fully saturated rings. The SMILES string of the molecule is CCc1cc2c(=O)c(-c3ccc4c(c3)OCCO4)c(C)oc2c(CN(C)C)c1O.[Cl-]. The average molecular weight is 431 g/mol. The number of hydrogen-bond acceptors (Lipinski definition) is 6. The maximum absolute atomic E-state index is 13.5. The van der Waals surface area contributed by atoms with Gasteiger partial charge >= 0.3 is 0 Å². The van der Waals surface area contributed by atoms with Crippen molar-refractivity contribution < 1.29 is 31.4 Å². The van der Waals surface area contributed by atoms with E-state index in [9.17, 15) is 9.90 Å². The van der Waals surface area contributed by atoms with Gasteiger partial charge in [-0.1, -0.05) is 13.0 Å². The van der Waals surface area contributed by atoms with Crippen molar-refractivity contribution in [1.82, 2.24) is 4.90 Å². The molecule has 1 aliphatic rings. The van der Waals surface area contributed by atoms with Crippen molar-refractivity contribution in [2.45, 2.75) is 26.8 Å². The van der Waals surface area contributed by atoms with Gasteiger partial charge in [0, 0.05) is 6.54 Å². The van der Waals surface area contributed by atoms with Gasteiger partial charge in [-0.25, -0.2) is 0 Å². The molecule has 0 bridgehead atoms. The van der Waals surface area contributed by atoms with Crippen molar-refractivity contribution in [3.63, 3.8) is 0 Å². The summed E-state index contributed by atoms with van der Waals surface area (Å²) in [4.78, 5) is 15.5. The van der Waals surface area contributed by atoms with Crippen LogP contribution in [0.25, 0.3) is 22.1 Å². The molecule has 2 aromatic carbocycles. The quantitative estimate of drug-likeness (QED) is 0.662. The number of rotatable bonds is 4. The first-order valence-corrected chi connectivity index (χ1v) is 9.76. The fourth-order valence-electron chi connectivity index (χ4n) is 3.82. The van der Waals surface area contributed by atoms with Gasteiger partial charge in [0.25, 0.3) is 0 Å². The van der Waals surface area contributed by atoms with E-state index in [4.69, 9.17) is 13.9 Å². The summed E-state index contributed by atoms with van der Waals surface area (Å²) in [5.41, 5.74) is 2.92. The van der Waals surface area contributed by atoms with Crippen LogP contribution in [0.5, 0.6) is 17.2 Å². The number of ether oxygens (including phenoxy) is 2. The smallest absolute Gasteiger partial charge is 0.200 e. The average Bonchev–Trinajstić information content (AvgIpc) is 2.70. The van der Waals surface area contributed by atoms with Crippen LogP contribution in [-0.4, -0.2) is 37.3 Å². The highest BCUT2D eigenvalue weighted by molar-refractivity contribution is 5.88. The largest absolute Gasteiger partial charge is 1.00 e. The first-order chi connectivity index (χ1) is 13.9.